The summed E-state index contributed by atoms with van der Waals surface area (Å²) < 4.78 is 10.9. The smallest absolute Gasteiger partial charge is 0.364 e. The van der Waals surface area contributed by atoms with Gasteiger partial charge in [0.2, 0.25) is 5.69 Å². The van der Waals surface area contributed by atoms with Gasteiger partial charge in [-0.3, -0.25) is 0 Å². The second-order valence-electron chi connectivity index (χ2n) is 7.58. The molecule has 0 aliphatic heterocycles. The zero-order valence-electron chi connectivity index (χ0n) is 17.3. The van der Waals surface area contributed by atoms with Gasteiger partial charge in [-0.2, -0.15) is 10.2 Å². The second-order valence-corrected chi connectivity index (χ2v) is 7.58. The number of aromatic nitrogens is 3. The topological polar surface area (TPSA) is 98.0 Å². The normalized spacial score (nSPS) is 10.9. The lowest BCUT2D eigenvalue weighted by Crippen LogP contribution is -2.13. The molecule has 2 aromatic carbocycles. The molecule has 0 fully saturated rings. The first-order valence-electron chi connectivity index (χ1n) is 9.52. The van der Waals surface area contributed by atoms with Crippen LogP contribution in [-0.4, -0.2) is 27.8 Å². The van der Waals surface area contributed by atoms with Crippen molar-refractivity contribution in [1.29, 1.82) is 5.26 Å². The molecular formula is C23H22N4O3. The zero-order valence-corrected chi connectivity index (χ0v) is 17.3. The summed E-state index contributed by atoms with van der Waals surface area (Å²) in [6, 6.07) is 16.4. The highest BCUT2D eigenvalue weighted by Gasteiger charge is 2.22. The molecule has 0 aliphatic carbocycles. The Bertz CT molecular complexity index is 1100. The number of hydrogen-bond donors (Lipinski definition) is 0. The Morgan fingerprint density at radius 3 is 2.47 bits per heavy atom. The molecule has 0 bridgehead atoms. The standard InChI is InChI=1S/C23H22N4O3/c1-5-29-22(28)19-21(30-18-11-9-15(14-24)10-12-18)25-20(27-26-19)16-7-6-8-17(13-16)23(2,3)4/h6-13H,5H2,1-4H3. The third-order valence-electron chi connectivity index (χ3n) is 4.31. The summed E-state index contributed by atoms with van der Waals surface area (Å²) in [5, 5.41) is 17.1. The molecule has 0 unspecified atom stereocenters. The minimum absolute atomic E-state index is 0.00989. The van der Waals surface area contributed by atoms with Crippen molar-refractivity contribution in [2.24, 2.45) is 0 Å². The van der Waals surface area contributed by atoms with Gasteiger partial charge in [0.15, 0.2) is 5.82 Å². The predicted octanol–water partition coefficient (Wildman–Crippen LogP) is 4.68. The van der Waals surface area contributed by atoms with E-state index in [0.717, 1.165) is 11.1 Å². The molecule has 1 heterocycles. The van der Waals surface area contributed by atoms with Crippen molar-refractivity contribution in [1.82, 2.24) is 15.2 Å². The van der Waals surface area contributed by atoms with Crippen molar-refractivity contribution >= 4 is 5.97 Å². The molecule has 0 saturated heterocycles. The van der Waals surface area contributed by atoms with Crippen LogP contribution >= 0.6 is 0 Å². The number of ether oxygens (including phenoxy) is 2. The van der Waals surface area contributed by atoms with Gasteiger partial charge in [0.1, 0.15) is 5.75 Å². The van der Waals surface area contributed by atoms with Crippen LogP contribution in [-0.2, 0) is 10.2 Å². The number of benzene rings is 2. The fourth-order valence-electron chi connectivity index (χ4n) is 2.67. The third kappa shape index (κ3) is 4.78. The van der Waals surface area contributed by atoms with Crippen molar-refractivity contribution in [3.05, 3.63) is 65.4 Å². The van der Waals surface area contributed by atoms with Gasteiger partial charge in [0.25, 0.3) is 5.88 Å². The van der Waals surface area contributed by atoms with E-state index in [2.05, 4.69) is 36.0 Å². The number of nitriles is 1. The summed E-state index contributed by atoms with van der Waals surface area (Å²) in [4.78, 5) is 16.7. The lowest BCUT2D eigenvalue weighted by atomic mass is 9.86. The van der Waals surface area contributed by atoms with Gasteiger partial charge in [-0.25, -0.2) is 4.79 Å². The number of carbonyl (C=O) groups is 1. The Kier molecular flexibility index (Phi) is 6.07. The number of rotatable bonds is 5. The largest absolute Gasteiger partial charge is 0.461 e. The van der Waals surface area contributed by atoms with Crippen molar-refractivity contribution in [3.8, 4) is 29.1 Å². The third-order valence-corrected chi connectivity index (χ3v) is 4.31. The van der Waals surface area contributed by atoms with E-state index in [-0.39, 0.29) is 23.6 Å². The molecule has 7 heteroatoms. The van der Waals surface area contributed by atoms with E-state index in [0.29, 0.717) is 17.1 Å². The summed E-state index contributed by atoms with van der Waals surface area (Å²) in [5.41, 5.74) is 2.21. The van der Waals surface area contributed by atoms with Gasteiger partial charge in [0, 0.05) is 5.56 Å². The average Bonchev–Trinajstić information content (AvgIpc) is 2.74. The van der Waals surface area contributed by atoms with Crippen LogP contribution in [0, 0.1) is 11.3 Å². The Morgan fingerprint density at radius 1 is 1.10 bits per heavy atom. The molecule has 7 nitrogen and oxygen atoms in total. The van der Waals surface area contributed by atoms with Gasteiger partial charge in [-0.15, -0.1) is 10.2 Å². The molecule has 30 heavy (non-hydrogen) atoms. The van der Waals surface area contributed by atoms with E-state index in [4.69, 9.17) is 14.7 Å². The van der Waals surface area contributed by atoms with Crippen molar-refractivity contribution < 1.29 is 14.3 Å². The molecular weight excluding hydrogens is 380 g/mol. The fourth-order valence-corrected chi connectivity index (χ4v) is 2.67. The minimum atomic E-state index is -0.670. The summed E-state index contributed by atoms with van der Waals surface area (Å²) >= 11 is 0. The average molecular weight is 402 g/mol. The number of carbonyl (C=O) groups excluding carboxylic acids is 1. The maximum absolute atomic E-state index is 12.3. The van der Waals surface area contributed by atoms with Crippen molar-refractivity contribution in [2.75, 3.05) is 6.61 Å². The Hall–Kier alpha value is -3.79. The van der Waals surface area contributed by atoms with Crippen LogP contribution in [0.4, 0.5) is 0 Å². The van der Waals surface area contributed by atoms with E-state index >= 15 is 0 Å². The number of hydrogen-bond acceptors (Lipinski definition) is 7. The van der Waals surface area contributed by atoms with Crippen LogP contribution in [0.5, 0.6) is 11.6 Å². The van der Waals surface area contributed by atoms with E-state index in [1.807, 2.05) is 30.3 Å². The zero-order chi connectivity index (χ0) is 21.7. The van der Waals surface area contributed by atoms with Crippen LogP contribution < -0.4 is 4.74 Å². The predicted molar refractivity (Wildman–Crippen MR) is 111 cm³/mol. The van der Waals surface area contributed by atoms with Gasteiger partial charge in [-0.05, 0) is 48.2 Å². The molecule has 1 aromatic heterocycles. The maximum atomic E-state index is 12.3. The molecule has 0 atom stereocenters. The lowest BCUT2D eigenvalue weighted by Gasteiger charge is -2.19. The van der Waals surface area contributed by atoms with Crippen LogP contribution in [0.2, 0.25) is 0 Å². The molecule has 0 spiro atoms. The molecule has 0 saturated carbocycles. The van der Waals surface area contributed by atoms with Gasteiger partial charge >= 0.3 is 5.97 Å². The monoisotopic (exact) mass is 402 g/mol. The van der Waals surface area contributed by atoms with Gasteiger partial charge in [-0.1, -0.05) is 39.0 Å². The quantitative estimate of drug-likeness (QED) is 0.572. The molecule has 3 aromatic rings. The van der Waals surface area contributed by atoms with Gasteiger partial charge < -0.3 is 9.47 Å². The van der Waals surface area contributed by atoms with E-state index in [1.54, 1.807) is 31.2 Å². The summed E-state index contributed by atoms with van der Waals surface area (Å²) in [5.74, 6) is 0.0627. The Labute approximate surface area is 175 Å². The van der Waals surface area contributed by atoms with Crippen LogP contribution in [0.1, 0.15) is 49.3 Å². The Balaban J connectivity index is 2.04. The van der Waals surface area contributed by atoms with E-state index in [1.165, 1.54) is 0 Å². The number of nitrogens with zero attached hydrogens (tertiary/aromatic N) is 4. The fraction of sp³-hybridized carbons (Fsp3) is 0.261. The molecule has 3 rings (SSSR count). The minimum Gasteiger partial charge on any atom is -0.461 e. The summed E-state index contributed by atoms with van der Waals surface area (Å²) in [7, 11) is 0. The molecule has 0 radical (unpaired) electrons. The summed E-state index contributed by atoms with van der Waals surface area (Å²) in [6.07, 6.45) is 0. The van der Waals surface area contributed by atoms with Crippen LogP contribution in [0.3, 0.4) is 0 Å². The van der Waals surface area contributed by atoms with Crippen molar-refractivity contribution in [2.45, 2.75) is 33.1 Å². The summed E-state index contributed by atoms with van der Waals surface area (Å²) in [6.45, 7) is 8.25. The first kappa shape index (κ1) is 20.9. The van der Waals surface area contributed by atoms with E-state index < -0.39 is 5.97 Å². The highest BCUT2D eigenvalue weighted by atomic mass is 16.5. The molecule has 0 amide bonds. The SMILES string of the molecule is CCOC(=O)c1nnc(-c2cccc(C(C)(C)C)c2)nc1Oc1ccc(C#N)cc1. The van der Waals surface area contributed by atoms with Gasteiger partial charge in [0.05, 0.1) is 18.2 Å². The highest BCUT2D eigenvalue weighted by molar-refractivity contribution is 5.89. The lowest BCUT2D eigenvalue weighted by molar-refractivity contribution is 0.0514. The molecule has 0 aliphatic rings. The first-order valence-corrected chi connectivity index (χ1v) is 9.52. The van der Waals surface area contributed by atoms with E-state index in [9.17, 15) is 4.79 Å². The Morgan fingerprint density at radius 2 is 1.83 bits per heavy atom. The van der Waals surface area contributed by atoms with Crippen LogP contribution in [0.25, 0.3) is 11.4 Å². The highest BCUT2D eigenvalue weighted by Crippen LogP contribution is 2.28. The van der Waals surface area contributed by atoms with Crippen molar-refractivity contribution in [3.63, 3.8) is 0 Å². The molecule has 0 N–H and O–H groups in total. The van der Waals surface area contributed by atoms with Crippen LogP contribution in [0.15, 0.2) is 48.5 Å². The number of esters is 1. The first-order chi connectivity index (χ1) is 14.3. The molecule has 152 valence electrons. The second kappa shape index (κ2) is 8.70. The maximum Gasteiger partial charge on any atom is 0.364 e.